The van der Waals surface area contributed by atoms with Crippen LogP contribution in [-0.2, 0) is 16.6 Å². The maximum Gasteiger partial charge on any atom is 0.291 e. The van der Waals surface area contributed by atoms with Gasteiger partial charge in [0.05, 0.1) is 12.0 Å². The van der Waals surface area contributed by atoms with E-state index in [9.17, 15) is 13.2 Å². The zero-order valence-electron chi connectivity index (χ0n) is 19.1. The first kappa shape index (κ1) is 25.0. The van der Waals surface area contributed by atoms with Gasteiger partial charge in [-0.25, -0.2) is 13.4 Å². The largest absolute Gasteiger partial charge is 0.486 e. The molecule has 12 heteroatoms. The number of carbonyl (C=O) groups is 1. The molecule has 186 valence electrons. The number of carbonyl (C=O) groups excluding carboxylic acids is 1. The summed E-state index contributed by atoms with van der Waals surface area (Å²) in [6.07, 6.45) is 1.15. The monoisotopic (exact) mass is 527 g/mol. The zero-order chi connectivity index (χ0) is 25.7. The SMILES string of the molecule is COc1cc([N-]S(=O)(=O)c2ccc(NC(=O)c3ccc(COc4ccc(Cl)c(C)c4)o3)cc2)ncn1. The first-order valence-corrected chi connectivity index (χ1v) is 12.3. The van der Waals surface area contributed by atoms with Crippen LogP contribution in [0.1, 0.15) is 21.9 Å². The number of amides is 1. The van der Waals surface area contributed by atoms with E-state index < -0.39 is 15.9 Å². The lowest BCUT2D eigenvalue weighted by Crippen LogP contribution is -2.11. The summed E-state index contributed by atoms with van der Waals surface area (Å²) in [6, 6.07) is 15.3. The van der Waals surface area contributed by atoms with E-state index in [0.717, 1.165) is 11.9 Å². The third kappa shape index (κ3) is 6.12. The summed E-state index contributed by atoms with van der Waals surface area (Å²) >= 11 is 6.01. The molecule has 0 aliphatic rings. The van der Waals surface area contributed by atoms with Gasteiger partial charge in [-0.3, -0.25) is 4.79 Å². The molecule has 2 aromatic heterocycles. The summed E-state index contributed by atoms with van der Waals surface area (Å²) in [4.78, 5) is 20.1. The van der Waals surface area contributed by atoms with E-state index in [2.05, 4.69) is 20.0 Å². The highest BCUT2D eigenvalue weighted by molar-refractivity contribution is 7.94. The molecule has 36 heavy (non-hydrogen) atoms. The molecular formula is C24H20ClN4O6S-. The van der Waals surface area contributed by atoms with Crippen molar-refractivity contribution in [1.29, 1.82) is 0 Å². The van der Waals surface area contributed by atoms with Gasteiger partial charge in [0, 0.05) is 17.0 Å². The van der Waals surface area contributed by atoms with Crippen molar-refractivity contribution >= 4 is 39.0 Å². The van der Waals surface area contributed by atoms with Crippen molar-refractivity contribution in [3.8, 4) is 11.6 Å². The van der Waals surface area contributed by atoms with Crippen LogP contribution in [0.2, 0.25) is 5.02 Å². The Morgan fingerprint density at radius 1 is 1.08 bits per heavy atom. The number of furan rings is 1. The van der Waals surface area contributed by atoms with Gasteiger partial charge in [-0.15, -0.1) is 0 Å². The van der Waals surface area contributed by atoms with Crippen LogP contribution in [0.3, 0.4) is 0 Å². The lowest BCUT2D eigenvalue weighted by Gasteiger charge is -2.15. The summed E-state index contributed by atoms with van der Waals surface area (Å²) in [5.74, 6) is 0.770. The number of aryl methyl sites for hydroxylation is 1. The van der Waals surface area contributed by atoms with Gasteiger partial charge in [0.25, 0.3) is 5.91 Å². The zero-order valence-corrected chi connectivity index (χ0v) is 20.7. The molecule has 1 N–H and O–H groups in total. The number of hydrogen-bond acceptors (Lipinski definition) is 8. The standard InChI is InChI=1S/C24H21ClN4O6S/c1-15-11-17(5-9-20(15)25)34-13-18-6-10-21(35-18)24(30)28-16-3-7-19(8-4-16)36(31,32)29-22-12-23(33-2)27-14-26-22/h3-12,14H,13H2,1-2H3,(H2,26,27,28,29,30)/p-1. The van der Waals surface area contributed by atoms with E-state index >= 15 is 0 Å². The number of sulfonamides is 1. The van der Waals surface area contributed by atoms with Gasteiger partial charge in [0.1, 0.15) is 18.1 Å². The smallest absolute Gasteiger partial charge is 0.291 e. The lowest BCUT2D eigenvalue weighted by molar-refractivity contribution is 0.0992. The van der Waals surface area contributed by atoms with Crippen LogP contribution in [0.4, 0.5) is 11.5 Å². The Hall–Kier alpha value is -4.09. The maximum absolute atomic E-state index is 12.6. The van der Waals surface area contributed by atoms with Gasteiger partial charge in [-0.05, 0) is 79.0 Å². The van der Waals surface area contributed by atoms with Gasteiger partial charge in [0.2, 0.25) is 15.9 Å². The van der Waals surface area contributed by atoms with Crippen LogP contribution in [0.5, 0.6) is 11.6 Å². The molecule has 2 aromatic carbocycles. The molecule has 0 saturated carbocycles. The molecule has 2 heterocycles. The Morgan fingerprint density at radius 3 is 2.58 bits per heavy atom. The molecule has 0 saturated heterocycles. The average Bonchev–Trinajstić information content (AvgIpc) is 3.34. The van der Waals surface area contributed by atoms with E-state index in [-0.39, 0.29) is 29.0 Å². The van der Waals surface area contributed by atoms with E-state index in [1.165, 1.54) is 43.5 Å². The van der Waals surface area contributed by atoms with Crippen molar-refractivity contribution in [3.63, 3.8) is 0 Å². The van der Waals surface area contributed by atoms with Gasteiger partial charge in [0.15, 0.2) is 5.76 Å². The highest BCUT2D eigenvalue weighted by Crippen LogP contribution is 2.28. The Balaban J connectivity index is 1.36. The number of ether oxygens (including phenoxy) is 2. The second-order valence-electron chi connectivity index (χ2n) is 7.43. The first-order chi connectivity index (χ1) is 17.2. The van der Waals surface area contributed by atoms with Crippen LogP contribution in [-0.4, -0.2) is 31.4 Å². The number of nitrogens with zero attached hydrogens (tertiary/aromatic N) is 3. The first-order valence-electron chi connectivity index (χ1n) is 10.5. The second kappa shape index (κ2) is 10.7. The van der Waals surface area contributed by atoms with Crippen molar-refractivity contribution in [3.05, 3.63) is 93.8 Å². The van der Waals surface area contributed by atoms with E-state index in [0.29, 0.717) is 22.2 Å². The maximum atomic E-state index is 12.6. The number of benzene rings is 2. The molecule has 0 atom stereocenters. The number of nitrogens with one attached hydrogen (secondary N) is 1. The number of methoxy groups -OCH3 is 1. The molecular weight excluding hydrogens is 508 g/mol. The van der Waals surface area contributed by atoms with E-state index in [1.54, 1.807) is 24.3 Å². The van der Waals surface area contributed by atoms with Crippen molar-refractivity contribution in [1.82, 2.24) is 9.97 Å². The minimum atomic E-state index is -4.04. The summed E-state index contributed by atoms with van der Waals surface area (Å²) in [5, 5.41) is 3.30. The summed E-state index contributed by atoms with van der Waals surface area (Å²) in [5.41, 5.74) is 1.25. The highest BCUT2D eigenvalue weighted by Gasteiger charge is 2.14. The van der Waals surface area contributed by atoms with Crippen LogP contribution < -0.4 is 14.8 Å². The van der Waals surface area contributed by atoms with Crippen LogP contribution in [0.25, 0.3) is 4.72 Å². The summed E-state index contributed by atoms with van der Waals surface area (Å²) in [7, 11) is -2.64. The average molecular weight is 528 g/mol. The molecule has 0 aliphatic heterocycles. The molecule has 4 rings (SSSR count). The van der Waals surface area contributed by atoms with Crippen molar-refractivity contribution in [2.75, 3.05) is 12.4 Å². The van der Waals surface area contributed by atoms with Crippen LogP contribution in [0, 0.1) is 6.92 Å². The van der Waals surface area contributed by atoms with Gasteiger partial charge in [-0.2, -0.15) is 0 Å². The van der Waals surface area contributed by atoms with Crippen LogP contribution in [0.15, 0.2) is 76.3 Å². The molecule has 1 amide bonds. The fraction of sp³-hybridized carbons (Fsp3) is 0.125. The molecule has 0 aliphatic carbocycles. The predicted octanol–water partition coefficient (Wildman–Crippen LogP) is 5.27. The normalized spacial score (nSPS) is 11.1. The fourth-order valence-electron chi connectivity index (χ4n) is 3.01. The molecule has 10 nitrogen and oxygen atoms in total. The van der Waals surface area contributed by atoms with Crippen LogP contribution >= 0.6 is 11.6 Å². The molecule has 0 unspecified atom stereocenters. The molecule has 0 spiro atoms. The number of rotatable bonds is 9. The summed E-state index contributed by atoms with van der Waals surface area (Å²) < 4.78 is 45.0. The van der Waals surface area contributed by atoms with Crippen molar-refractivity contribution < 1.29 is 27.1 Å². The third-order valence-electron chi connectivity index (χ3n) is 4.86. The minimum Gasteiger partial charge on any atom is -0.486 e. The number of aromatic nitrogens is 2. The van der Waals surface area contributed by atoms with Crippen molar-refractivity contribution in [2.24, 2.45) is 0 Å². The summed E-state index contributed by atoms with van der Waals surface area (Å²) in [6.45, 7) is 2.00. The molecule has 0 radical (unpaired) electrons. The number of anilines is 1. The second-order valence-corrected chi connectivity index (χ2v) is 9.44. The molecule has 0 fully saturated rings. The van der Waals surface area contributed by atoms with Gasteiger partial charge >= 0.3 is 0 Å². The van der Waals surface area contributed by atoms with E-state index in [4.69, 9.17) is 25.5 Å². The molecule has 4 aromatic rings. The Bertz CT molecular complexity index is 1490. The number of halogens is 1. The highest BCUT2D eigenvalue weighted by atomic mass is 35.5. The Morgan fingerprint density at radius 2 is 1.86 bits per heavy atom. The van der Waals surface area contributed by atoms with E-state index in [1.807, 2.05) is 6.92 Å². The lowest BCUT2D eigenvalue weighted by atomic mass is 10.2. The van der Waals surface area contributed by atoms with Crippen molar-refractivity contribution in [2.45, 2.75) is 18.4 Å². The third-order valence-corrected chi connectivity index (χ3v) is 6.58. The molecule has 0 bridgehead atoms. The minimum absolute atomic E-state index is 0.0666. The quantitative estimate of drug-likeness (QED) is 0.311. The van der Waals surface area contributed by atoms with Gasteiger partial charge in [-0.1, -0.05) is 11.6 Å². The fourth-order valence-corrected chi connectivity index (χ4v) is 4.06. The topological polar surface area (TPSA) is 135 Å². The Labute approximate surface area is 212 Å². The predicted molar refractivity (Wildman–Crippen MR) is 132 cm³/mol. The number of hydrogen-bond donors (Lipinski definition) is 1. The van der Waals surface area contributed by atoms with Gasteiger partial charge < -0.3 is 28.9 Å². The Kier molecular flexibility index (Phi) is 7.41.